The first kappa shape index (κ1) is 19.4. The van der Waals surface area contributed by atoms with Crippen molar-refractivity contribution in [1.82, 2.24) is 20.2 Å². The molecule has 0 aliphatic carbocycles. The minimum absolute atomic E-state index is 0.163. The summed E-state index contributed by atoms with van der Waals surface area (Å²) in [6.45, 7) is 7.07. The van der Waals surface area contributed by atoms with E-state index in [1.54, 1.807) is 6.07 Å². The number of fused-ring (bicyclic) bond motifs is 1. The van der Waals surface area contributed by atoms with Gasteiger partial charge in [-0.05, 0) is 63.2 Å². The van der Waals surface area contributed by atoms with Crippen LogP contribution in [0.4, 0.5) is 0 Å². The quantitative estimate of drug-likeness (QED) is 0.694. The van der Waals surface area contributed by atoms with Gasteiger partial charge >= 0.3 is 0 Å². The maximum atomic E-state index is 12.5. The summed E-state index contributed by atoms with van der Waals surface area (Å²) < 4.78 is 5.67. The largest absolute Gasteiger partial charge is 0.444 e. The molecule has 7 nitrogen and oxygen atoms in total. The summed E-state index contributed by atoms with van der Waals surface area (Å²) in [6.07, 6.45) is 1.99. The van der Waals surface area contributed by atoms with Gasteiger partial charge in [-0.1, -0.05) is 18.2 Å². The van der Waals surface area contributed by atoms with Crippen molar-refractivity contribution in [2.24, 2.45) is 5.92 Å². The molecule has 1 fully saturated rings. The summed E-state index contributed by atoms with van der Waals surface area (Å²) in [5.41, 5.74) is 1.49. The van der Waals surface area contributed by atoms with Gasteiger partial charge in [0.15, 0.2) is 0 Å². The molecule has 2 aromatic heterocycles. The maximum absolute atomic E-state index is 12.5. The first-order valence-electron chi connectivity index (χ1n) is 10.0. The van der Waals surface area contributed by atoms with E-state index < -0.39 is 0 Å². The van der Waals surface area contributed by atoms with Crippen molar-refractivity contribution in [2.75, 3.05) is 19.6 Å². The third-order valence-corrected chi connectivity index (χ3v) is 5.69. The third kappa shape index (κ3) is 4.40. The first-order chi connectivity index (χ1) is 14.0. The van der Waals surface area contributed by atoms with Gasteiger partial charge in [0, 0.05) is 12.1 Å². The summed E-state index contributed by atoms with van der Waals surface area (Å²) in [5.74, 6) is 1.73. The number of oxazole rings is 1. The molecule has 1 aromatic carbocycles. The second kappa shape index (κ2) is 8.21. The van der Waals surface area contributed by atoms with E-state index in [4.69, 9.17) is 4.42 Å². The summed E-state index contributed by atoms with van der Waals surface area (Å²) >= 11 is 0. The first-order valence-corrected chi connectivity index (χ1v) is 10.0. The van der Waals surface area contributed by atoms with Crippen LogP contribution in [0.5, 0.6) is 0 Å². The summed E-state index contributed by atoms with van der Waals surface area (Å²) in [5, 5.41) is 3.79. The Balaban J connectivity index is 1.29. The predicted molar refractivity (Wildman–Crippen MR) is 111 cm³/mol. The van der Waals surface area contributed by atoms with Crippen molar-refractivity contribution in [3.8, 4) is 0 Å². The highest BCUT2D eigenvalue weighted by Gasteiger charge is 2.22. The van der Waals surface area contributed by atoms with Crippen LogP contribution in [-0.4, -0.2) is 40.4 Å². The molecular weight excluding hydrogens is 368 g/mol. The van der Waals surface area contributed by atoms with Gasteiger partial charge in [0.1, 0.15) is 11.3 Å². The number of benzene rings is 1. The van der Waals surface area contributed by atoms with Crippen molar-refractivity contribution < 1.29 is 9.21 Å². The summed E-state index contributed by atoms with van der Waals surface area (Å²) in [6, 6.07) is 9.11. The number of aryl methyl sites for hydroxylation is 2. The molecule has 3 aromatic rings. The van der Waals surface area contributed by atoms with E-state index >= 15 is 0 Å². The number of carbonyl (C=O) groups excluding carboxylic acids is 1. The molecule has 0 saturated carbocycles. The number of amides is 1. The molecule has 1 aliphatic rings. The van der Waals surface area contributed by atoms with E-state index in [1.807, 2.05) is 38.1 Å². The maximum Gasteiger partial charge on any atom is 0.261 e. The number of likely N-dealkylation sites (tertiary alicyclic amines) is 1. The van der Waals surface area contributed by atoms with Crippen LogP contribution in [0.1, 0.15) is 40.5 Å². The number of carbonyl (C=O) groups is 1. The lowest BCUT2D eigenvalue weighted by Gasteiger charge is -2.31. The van der Waals surface area contributed by atoms with Crippen molar-refractivity contribution in [3.05, 3.63) is 63.6 Å². The van der Waals surface area contributed by atoms with Crippen molar-refractivity contribution in [2.45, 2.75) is 33.2 Å². The number of piperidine rings is 1. The number of nitrogens with one attached hydrogen (secondary N) is 2. The van der Waals surface area contributed by atoms with Crippen LogP contribution in [0.3, 0.4) is 0 Å². The molecule has 0 bridgehead atoms. The second-order valence-corrected chi connectivity index (χ2v) is 7.78. The molecule has 0 radical (unpaired) electrons. The Morgan fingerprint density at radius 3 is 2.76 bits per heavy atom. The fraction of sp³-hybridized carbons (Fsp3) is 0.409. The van der Waals surface area contributed by atoms with Gasteiger partial charge in [-0.25, -0.2) is 4.98 Å². The van der Waals surface area contributed by atoms with Crippen LogP contribution in [-0.2, 0) is 6.54 Å². The average Bonchev–Trinajstić information content (AvgIpc) is 3.03. The highest BCUT2D eigenvalue weighted by atomic mass is 16.4. The Hall–Kier alpha value is -2.93. The Morgan fingerprint density at radius 1 is 1.28 bits per heavy atom. The van der Waals surface area contributed by atoms with E-state index in [-0.39, 0.29) is 17.0 Å². The molecule has 152 valence electrons. The number of nitrogens with zero attached hydrogens (tertiary/aromatic N) is 2. The zero-order valence-electron chi connectivity index (χ0n) is 16.8. The monoisotopic (exact) mass is 394 g/mol. The van der Waals surface area contributed by atoms with Crippen LogP contribution in [0, 0.1) is 19.8 Å². The van der Waals surface area contributed by atoms with E-state index in [1.165, 1.54) is 0 Å². The molecule has 0 atom stereocenters. The fourth-order valence-electron chi connectivity index (χ4n) is 3.80. The number of H-pyrrole nitrogens is 1. The van der Waals surface area contributed by atoms with E-state index in [2.05, 4.69) is 20.2 Å². The van der Waals surface area contributed by atoms with Gasteiger partial charge in [0.25, 0.3) is 11.5 Å². The standard InChI is InChI=1S/C22H26N4O3/c1-14-15(2)29-20(24-14)13-26-9-7-16(8-10-26)12-23-21(27)18-11-17-5-3-4-6-19(17)25-22(18)28/h3-6,11,16H,7-10,12-13H2,1-2H3,(H,23,27)(H,25,28). The second-order valence-electron chi connectivity index (χ2n) is 7.78. The topological polar surface area (TPSA) is 91.2 Å². The summed E-state index contributed by atoms with van der Waals surface area (Å²) in [4.78, 5) is 34.3. The van der Waals surface area contributed by atoms with Gasteiger partial charge < -0.3 is 14.7 Å². The molecule has 0 unspecified atom stereocenters. The summed E-state index contributed by atoms with van der Waals surface area (Å²) in [7, 11) is 0. The van der Waals surface area contributed by atoms with Gasteiger partial charge in [0.05, 0.1) is 12.2 Å². The van der Waals surface area contributed by atoms with Gasteiger partial charge in [-0.3, -0.25) is 14.5 Å². The van der Waals surface area contributed by atoms with Crippen LogP contribution in [0.2, 0.25) is 0 Å². The lowest BCUT2D eigenvalue weighted by molar-refractivity contribution is 0.0932. The molecule has 3 heterocycles. The van der Waals surface area contributed by atoms with Gasteiger partial charge in [-0.2, -0.15) is 0 Å². The number of pyridine rings is 1. The zero-order chi connectivity index (χ0) is 20.4. The SMILES string of the molecule is Cc1nc(CN2CCC(CNC(=O)c3cc4ccccc4[nH]c3=O)CC2)oc1C. The highest BCUT2D eigenvalue weighted by molar-refractivity contribution is 5.97. The molecule has 1 amide bonds. The van der Waals surface area contributed by atoms with Crippen LogP contribution in [0.15, 0.2) is 39.5 Å². The molecule has 7 heteroatoms. The van der Waals surface area contributed by atoms with E-state index in [9.17, 15) is 9.59 Å². The minimum atomic E-state index is -0.354. The van der Waals surface area contributed by atoms with Crippen molar-refractivity contribution in [3.63, 3.8) is 0 Å². The molecule has 29 heavy (non-hydrogen) atoms. The van der Waals surface area contributed by atoms with Gasteiger partial charge in [-0.15, -0.1) is 0 Å². The highest BCUT2D eigenvalue weighted by Crippen LogP contribution is 2.19. The van der Waals surface area contributed by atoms with E-state index in [0.717, 1.165) is 60.7 Å². The molecule has 0 spiro atoms. The lowest BCUT2D eigenvalue weighted by atomic mass is 9.96. The Bertz CT molecular complexity index is 1060. The average molecular weight is 394 g/mol. The zero-order valence-corrected chi connectivity index (χ0v) is 16.8. The number of para-hydroxylation sites is 1. The normalized spacial score (nSPS) is 15.7. The number of rotatable bonds is 5. The minimum Gasteiger partial charge on any atom is -0.444 e. The Kier molecular flexibility index (Phi) is 5.49. The predicted octanol–water partition coefficient (Wildman–Crippen LogP) is 2.77. The lowest BCUT2D eigenvalue weighted by Crippen LogP contribution is -2.39. The van der Waals surface area contributed by atoms with Crippen LogP contribution >= 0.6 is 0 Å². The molecule has 1 aliphatic heterocycles. The Labute approximate surface area is 169 Å². The van der Waals surface area contributed by atoms with Gasteiger partial charge in [0.2, 0.25) is 5.89 Å². The fourth-order valence-corrected chi connectivity index (χ4v) is 3.80. The Morgan fingerprint density at radius 2 is 2.03 bits per heavy atom. The molecule has 4 rings (SSSR count). The molecule has 1 saturated heterocycles. The van der Waals surface area contributed by atoms with E-state index in [0.29, 0.717) is 12.5 Å². The number of aromatic amines is 1. The number of hydrogen-bond donors (Lipinski definition) is 2. The number of hydrogen-bond acceptors (Lipinski definition) is 5. The van der Waals surface area contributed by atoms with Crippen molar-refractivity contribution >= 4 is 16.8 Å². The van der Waals surface area contributed by atoms with Crippen LogP contribution < -0.4 is 10.9 Å². The van der Waals surface area contributed by atoms with Crippen LogP contribution in [0.25, 0.3) is 10.9 Å². The molecule has 2 N–H and O–H groups in total. The smallest absolute Gasteiger partial charge is 0.261 e. The number of aromatic nitrogens is 2. The van der Waals surface area contributed by atoms with Crippen molar-refractivity contribution in [1.29, 1.82) is 0 Å². The third-order valence-electron chi connectivity index (χ3n) is 5.69. The molecular formula is C22H26N4O3.